The van der Waals surface area contributed by atoms with Gasteiger partial charge in [0.05, 0.1) is 0 Å². The molecule has 3 rings (SSSR count). The monoisotopic (exact) mass is 307 g/mol. The van der Waals surface area contributed by atoms with Crippen LogP contribution in [0.5, 0.6) is 0 Å². The van der Waals surface area contributed by atoms with Crippen molar-refractivity contribution in [2.24, 2.45) is 0 Å². The Hall–Kier alpha value is -2.09. The van der Waals surface area contributed by atoms with Gasteiger partial charge in [0.2, 0.25) is 0 Å². The summed E-state index contributed by atoms with van der Waals surface area (Å²) < 4.78 is 0. The predicted molar refractivity (Wildman–Crippen MR) is 96.1 cm³/mol. The standard InChI is InChI=1S/C21H25NO/c1-4-12-21(13-14-21)18-10-8-17(9-11-18)20(23)22-19-7-5-6-15(2)16(19)3/h5-11H,4,12-14H2,1-3H3,(H,22,23). The van der Waals surface area contributed by atoms with Crippen molar-refractivity contribution in [3.63, 3.8) is 0 Å². The first-order valence-corrected chi connectivity index (χ1v) is 8.54. The summed E-state index contributed by atoms with van der Waals surface area (Å²) >= 11 is 0. The molecule has 1 N–H and O–H groups in total. The second-order valence-corrected chi connectivity index (χ2v) is 6.81. The van der Waals surface area contributed by atoms with E-state index in [0.717, 1.165) is 16.8 Å². The van der Waals surface area contributed by atoms with E-state index >= 15 is 0 Å². The maximum atomic E-state index is 12.5. The van der Waals surface area contributed by atoms with Crippen LogP contribution in [0.1, 0.15) is 59.7 Å². The predicted octanol–water partition coefficient (Wildman–Crippen LogP) is 5.39. The molecule has 0 saturated heterocycles. The van der Waals surface area contributed by atoms with Crippen molar-refractivity contribution in [1.29, 1.82) is 0 Å². The van der Waals surface area contributed by atoms with Crippen LogP contribution in [-0.4, -0.2) is 5.91 Å². The Morgan fingerprint density at radius 2 is 1.78 bits per heavy atom. The first-order valence-electron chi connectivity index (χ1n) is 8.54. The lowest BCUT2D eigenvalue weighted by atomic mass is 9.90. The summed E-state index contributed by atoms with van der Waals surface area (Å²) in [6.45, 7) is 6.34. The molecule has 0 radical (unpaired) electrons. The first kappa shape index (κ1) is 15.8. The van der Waals surface area contributed by atoms with Crippen molar-refractivity contribution in [3.8, 4) is 0 Å². The highest BCUT2D eigenvalue weighted by Crippen LogP contribution is 2.51. The van der Waals surface area contributed by atoms with Gasteiger partial charge in [0, 0.05) is 11.3 Å². The van der Waals surface area contributed by atoms with Crippen LogP contribution in [0.2, 0.25) is 0 Å². The molecule has 2 nitrogen and oxygen atoms in total. The highest BCUT2D eigenvalue weighted by Gasteiger charge is 2.42. The summed E-state index contributed by atoms with van der Waals surface area (Å²) in [7, 11) is 0. The third-order valence-electron chi connectivity index (χ3n) is 5.19. The minimum atomic E-state index is -0.0365. The second kappa shape index (κ2) is 6.19. The molecule has 1 saturated carbocycles. The molecule has 0 aromatic heterocycles. The van der Waals surface area contributed by atoms with Gasteiger partial charge >= 0.3 is 0 Å². The molecule has 1 amide bonds. The van der Waals surface area contributed by atoms with Crippen molar-refractivity contribution in [1.82, 2.24) is 0 Å². The summed E-state index contributed by atoms with van der Waals surface area (Å²) in [5.74, 6) is -0.0365. The van der Waals surface area contributed by atoms with Gasteiger partial charge in [0.25, 0.3) is 5.91 Å². The first-order chi connectivity index (χ1) is 11.1. The molecule has 2 heteroatoms. The third-order valence-corrected chi connectivity index (χ3v) is 5.19. The van der Waals surface area contributed by atoms with Crippen molar-refractivity contribution >= 4 is 11.6 Å². The fourth-order valence-corrected chi connectivity index (χ4v) is 3.37. The number of carbonyl (C=O) groups excluding carboxylic acids is 1. The number of nitrogens with one attached hydrogen (secondary N) is 1. The topological polar surface area (TPSA) is 29.1 Å². The van der Waals surface area contributed by atoms with Crippen LogP contribution < -0.4 is 5.32 Å². The van der Waals surface area contributed by atoms with Crippen LogP contribution in [0.15, 0.2) is 42.5 Å². The number of hydrogen-bond acceptors (Lipinski definition) is 1. The molecule has 0 bridgehead atoms. The van der Waals surface area contributed by atoms with Gasteiger partial charge in [-0.05, 0) is 73.4 Å². The Morgan fingerprint density at radius 1 is 1.09 bits per heavy atom. The summed E-state index contributed by atoms with van der Waals surface area (Å²) in [5.41, 5.74) is 5.72. The van der Waals surface area contributed by atoms with E-state index in [1.807, 2.05) is 31.2 Å². The molecule has 23 heavy (non-hydrogen) atoms. The highest BCUT2D eigenvalue weighted by atomic mass is 16.1. The average molecular weight is 307 g/mol. The van der Waals surface area contributed by atoms with E-state index in [9.17, 15) is 4.79 Å². The Balaban J connectivity index is 1.74. The minimum absolute atomic E-state index is 0.0365. The minimum Gasteiger partial charge on any atom is -0.322 e. The van der Waals surface area contributed by atoms with E-state index in [1.165, 1.54) is 36.8 Å². The molecule has 1 aliphatic carbocycles. The van der Waals surface area contributed by atoms with Crippen molar-refractivity contribution < 1.29 is 4.79 Å². The van der Waals surface area contributed by atoms with Gasteiger partial charge in [-0.2, -0.15) is 0 Å². The van der Waals surface area contributed by atoms with Crippen LogP contribution in [-0.2, 0) is 5.41 Å². The summed E-state index contributed by atoms with van der Waals surface area (Å²) in [6, 6.07) is 14.2. The van der Waals surface area contributed by atoms with Crippen LogP contribution in [0, 0.1) is 13.8 Å². The Morgan fingerprint density at radius 3 is 2.39 bits per heavy atom. The quantitative estimate of drug-likeness (QED) is 0.788. The van der Waals surface area contributed by atoms with Gasteiger partial charge in [-0.25, -0.2) is 0 Å². The number of anilines is 1. The molecule has 0 heterocycles. The molecule has 1 fully saturated rings. The summed E-state index contributed by atoms with van der Waals surface area (Å²) in [4.78, 5) is 12.5. The van der Waals surface area contributed by atoms with Gasteiger partial charge in [-0.15, -0.1) is 0 Å². The lowest BCUT2D eigenvalue weighted by Crippen LogP contribution is -2.14. The van der Waals surface area contributed by atoms with E-state index in [4.69, 9.17) is 0 Å². The molecule has 0 aliphatic heterocycles. The van der Waals surface area contributed by atoms with E-state index in [1.54, 1.807) is 0 Å². The lowest BCUT2D eigenvalue weighted by Gasteiger charge is -2.15. The van der Waals surface area contributed by atoms with Crippen molar-refractivity contribution in [2.75, 3.05) is 5.32 Å². The number of benzene rings is 2. The maximum absolute atomic E-state index is 12.5. The molecule has 0 atom stereocenters. The van der Waals surface area contributed by atoms with Crippen LogP contribution in [0.3, 0.4) is 0 Å². The van der Waals surface area contributed by atoms with Crippen molar-refractivity contribution in [2.45, 2.75) is 51.9 Å². The van der Waals surface area contributed by atoms with Crippen LogP contribution in [0.4, 0.5) is 5.69 Å². The fourth-order valence-electron chi connectivity index (χ4n) is 3.37. The lowest BCUT2D eigenvalue weighted by molar-refractivity contribution is 0.102. The summed E-state index contributed by atoms with van der Waals surface area (Å²) in [6.07, 6.45) is 5.04. The Bertz CT molecular complexity index is 711. The van der Waals surface area contributed by atoms with E-state index < -0.39 is 0 Å². The Labute approximate surface area is 138 Å². The smallest absolute Gasteiger partial charge is 0.255 e. The third kappa shape index (κ3) is 3.17. The zero-order chi connectivity index (χ0) is 16.4. The average Bonchev–Trinajstić information content (AvgIpc) is 3.33. The van der Waals surface area contributed by atoms with Crippen LogP contribution in [0.25, 0.3) is 0 Å². The van der Waals surface area contributed by atoms with E-state index in [2.05, 4.69) is 37.4 Å². The summed E-state index contributed by atoms with van der Waals surface area (Å²) in [5, 5.41) is 3.03. The van der Waals surface area contributed by atoms with E-state index in [-0.39, 0.29) is 5.91 Å². The molecular weight excluding hydrogens is 282 g/mol. The maximum Gasteiger partial charge on any atom is 0.255 e. The molecular formula is C21H25NO. The zero-order valence-electron chi connectivity index (χ0n) is 14.3. The van der Waals surface area contributed by atoms with Gasteiger partial charge in [0.1, 0.15) is 0 Å². The van der Waals surface area contributed by atoms with Crippen LogP contribution >= 0.6 is 0 Å². The number of aryl methyl sites for hydroxylation is 1. The molecule has 1 aliphatic rings. The highest BCUT2D eigenvalue weighted by molar-refractivity contribution is 6.04. The number of rotatable bonds is 5. The second-order valence-electron chi connectivity index (χ2n) is 6.81. The number of carbonyl (C=O) groups is 1. The molecule has 2 aromatic rings. The zero-order valence-corrected chi connectivity index (χ0v) is 14.3. The molecule has 0 unspecified atom stereocenters. The van der Waals surface area contributed by atoms with Gasteiger partial charge in [-0.3, -0.25) is 4.79 Å². The fraction of sp³-hybridized carbons (Fsp3) is 0.381. The Kier molecular flexibility index (Phi) is 4.25. The van der Waals surface area contributed by atoms with E-state index in [0.29, 0.717) is 5.41 Å². The van der Waals surface area contributed by atoms with Gasteiger partial charge in [-0.1, -0.05) is 37.6 Å². The van der Waals surface area contributed by atoms with Crippen molar-refractivity contribution in [3.05, 3.63) is 64.7 Å². The molecule has 120 valence electrons. The van der Waals surface area contributed by atoms with Gasteiger partial charge in [0.15, 0.2) is 0 Å². The van der Waals surface area contributed by atoms with Gasteiger partial charge < -0.3 is 5.32 Å². The molecule has 0 spiro atoms. The normalized spacial score (nSPS) is 15.3. The SMILES string of the molecule is CCCC1(c2ccc(C(=O)Nc3cccc(C)c3C)cc2)CC1. The number of hydrogen-bond donors (Lipinski definition) is 1. The number of amides is 1. The largest absolute Gasteiger partial charge is 0.322 e. The molecule has 2 aromatic carbocycles.